The predicted molar refractivity (Wildman–Crippen MR) is 85.0 cm³/mol. The maximum absolute atomic E-state index is 11.8. The number of nitrogens with one attached hydrogen (secondary N) is 1. The largest absolute Gasteiger partial charge is 0.466 e. The number of esters is 2. The first-order valence-corrected chi connectivity index (χ1v) is 7.39. The number of ether oxygens (including phenoxy) is 2. The van der Waals surface area contributed by atoms with Crippen LogP contribution in [-0.4, -0.2) is 31.6 Å². The van der Waals surface area contributed by atoms with Crippen molar-refractivity contribution in [2.75, 3.05) is 19.0 Å². The monoisotopic (exact) mass is 405 g/mol. The van der Waals surface area contributed by atoms with Crippen molar-refractivity contribution >= 4 is 46.1 Å². The van der Waals surface area contributed by atoms with E-state index in [1.165, 1.54) is 7.11 Å². The summed E-state index contributed by atoms with van der Waals surface area (Å²) in [5.74, 6) is -1.33. The van der Waals surface area contributed by atoms with E-state index in [1.807, 2.05) is 0 Å². The molecule has 0 spiro atoms. The molecule has 0 saturated carbocycles. The van der Waals surface area contributed by atoms with Crippen LogP contribution in [0, 0.1) is 3.57 Å². The molecule has 1 aromatic rings. The van der Waals surface area contributed by atoms with Gasteiger partial charge in [-0.05, 0) is 47.7 Å². The van der Waals surface area contributed by atoms with Crippen LogP contribution in [-0.2, 0) is 19.1 Å². The molecule has 0 bridgehead atoms. The summed E-state index contributed by atoms with van der Waals surface area (Å²) in [7, 11) is 1.27. The molecule has 0 atom stereocenters. The van der Waals surface area contributed by atoms with E-state index in [2.05, 4.69) is 32.6 Å². The van der Waals surface area contributed by atoms with Crippen LogP contribution in [0.3, 0.4) is 0 Å². The van der Waals surface area contributed by atoms with E-state index >= 15 is 0 Å². The molecule has 21 heavy (non-hydrogen) atoms. The second-order valence-corrected chi connectivity index (χ2v) is 5.28. The first kappa shape index (κ1) is 17.4. The zero-order chi connectivity index (χ0) is 15.8. The molecule has 1 amide bonds. The van der Waals surface area contributed by atoms with Gasteiger partial charge in [-0.2, -0.15) is 0 Å². The van der Waals surface area contributed by atoms with Crippen LogP contribution in [0.15, 0.2) is 18.2 Å². The van der Waals surface area contributed by atoms with Crippen molar-refractivity contribution in [3.05, 3.63) is 27.3 Å². The minimum absolute atomic E-state index is 0.00282. The molecule has 0 aliphatic carbocycles. The van der Waals surface area contributed by atoms with Gasteiger partial charge in [0.1, 0.15) is 0 Å². The molecular formula is C14H16INO5. The number of hydrogen-bond acceptors (Lipinski definition) is 5. The SMILES string of the molecule is CCOC(=O)CCC(=O)Nc1cc(I)ccc1C(=O)OC. The summed E-state index contributed by atoms with van der Waals surface area (Å²) in [5, 5.41) is 2.61. The van der Waals surface area contributed by atoms with Crippen molar-refractivity contribution in [2.24, 2.45) is 0 Å². The third-order valence-electron chi connectivity index (χ3n) is 2.52. The van der Waals surface area contributed by atoms with Gasteiger partial charge in [-0.3, -0.25) is 9.59 Å². The fraction of sp³-hybridized carbons (Fsp3) is 0.357. The van der Waals surface area contributed by atoms with E-state index in [-0.39, 0.29) is 30.9 Å². The minimum atomic E-state index is -0.535. The molecule has 1 N–H and O–H groups in total. The number of benzene rings is 1. The van der Waals surface area contributed by atoms with Gasteiger partial charge in [0, 0.05) is 9.99 Å². The van der Waals surface area contributed by atoms with Gasteiger partial charge >= 0.3 is 11.9 Å². The van der Waals surface area contributed by atoms with Crippen LogP contribution in [0.2, 0.25) is 0 Å². The van der Waals surface area contributed by atoms with Gasteiger partial charge in [0.05, 0.1) is 31.4 Å². The van der Waals surface area contributed by atoms with E-state index in [4.69, 9.17) is 4.74 Å². The molecule has 0 aromatic heterocycles. The zero-order valence-corrected chi connectivity index (χ0v) is 13.9. The Morgan fingerprint density at radius 1 is 1.24 bits per heavy atom. The Hall–Kier alpha value is -1.64. The highest BCUT2D eigenvalue weighted by Gasteiger charge is 2.15. The van der Waals surface area contributed by atoms with Crippen molar-refractivity contribution in [1.29, 1.82) is 0 Å². The lowest BCUT2D eigenvalue weighted by Crippen LogP contribution is -2.17. The van der Waals surface area contributed by atoms with Gasteiger partial charge in [0.2, 0.25) is 5.91 Å². The fourth-order valence-electron chi connectivity index (χ4n) is 1.57. The maximum atomic E-state index is 11.8. The van der Waals surface area contributed by atoms with Crippen molar-refractivity contribution in [3.63, 3.8) is 0 Å². The van der Waals surface area contributed by atoms with Crippen molar-refractivity contribution < 1.29 is 23.9 Å². The lowest BCUT2D eigenvalue weighted by molar-refractivity contribution is -0.144. The van der Waals surface area contributed by atoms with Gasteiger partial charge in [-0.1, -0.05) is 0 Å². The number of anilines is 1. The van der Waals surface area contributed by atoms with Crippen LogP contribution in [0.1, 0.15) is 30.1 Å². The Morgan fingerprint density at radius 3 is 2.57 bits per heavy atom. The Kier molecular flexibility index (Phi) is 7.13. The normalized spacial score (nSPS) is 9.86. The van der Waals surface area contributed by atoms with Crippen LogP contribution in [0.5, 0.6) is 0 Å². The van der Waals surface area contributed by atoms with Crippen LogP contribution >= 0.6 is 22.6 Å². The maximum Gasteiger partial charge on any atom is 0.339 e. The third kappa shape index (κ3) is 5.70. The number of methoxy groups -OCH3 is 1. The molecular weight excluding hydrogens is 389 g/mol. The summed E-state index contributed by atoms with van der Waals surface area (Å²) in [6.45, 7) is 1.98. The molecule has 6 nitrogen and oxygen atoms in total. The molecule has 0 unspecified atom stereocenters. The van der Waals surface area contributed by atoms with Crippen molar-refractivity contribution in [2.45, 2.75) is 19.8 Å². The minimum Gasteiger partial charge on any atom is -0.466 e. The van der Waals surface area contributed by atoms with Gasteiger partial charge in [0.25, 0.3) is 0 Å². The average molecular weight is 405 g/mol. The van der Waals surface area contributed by atoms with Gasteiger partial charge in [-0.25, -0.2) is 4.79 Å². The lowest BCUT2D eigenvalue weighted by Gasteiger charge is -2.10. The number of carbonyl (C=O) groups is 3. The highest BCUT2D eigenvalue weighted by atomic mass is 127. The molecule has 0 heterocycles. The fourth-order valence-corrected chi connectivity index (χ4v) is 2.06. The van der Waals surface area contributed by atoms with E-state index < -0.39 is 11.9 Å². The van der Waals surface area contributed by atoms with Gasteiger partial charge < -0.3 is 14.8 Å². The smallest absolute Gasteiger partial charge is 0.339 e. The van der Waals surface area contributed by atoms with Gasteiger partial charge in [0.15, 0.2) is 0 Å². The molecule has 0 fully saturated rings. The molecule has 0 radical (unpaired) electrons. The molecule has 7 heteroatoms. The summed E-state index contributed by atoms with van der Waals surface area (Å²) >= 11 is 2.07. The Morgan fingerprint density at radius 2 is 1.95 bits per heavy atom. The van der Waals surface area contributed by atoms with Crippen LogP contribution in [0.4, 0.5) is 5.69 Å². The van der Waals surface area contributed by atoms with Gasteiger partial charge in [-0.15, -0.1) is 0 Å². The zero-order valence-electron chi connectivity index (χ0n) is 11.8. The first-order chi connectivity index (χ1) is 9.97. The average Bonchev–Trinajstić information content (AvgIpc) is 2.45. The number of rotatable bonds is 6. The summed E-state index contributed by atoms with van der Waals surface area (Å²) in [4.78, 5) is 34.6. The molecule has 1 rings (SSSR count). The topological polar surface area (TPSA) is 81.7 Å². The van der Waals surface area contributed by atoms with E-state index in [0.717, 1.165) is 3.57 Å². The second kappa shape index (κ2) is 8.60. The predicted octanol–water partition coefficient (Wildman–Crippen LogP) is 2.36. The number of carbonyl (C=O) groups excluding carboxylic acids is 3. The first-order valence-electron chi connectivity index (χ1n) is 6.31. The lowest BCUT2D eigenvalue weighted by atomic mass is 10.1. The summed E-state index contributed by atoms with van der Waals surface area (Å²) < 4.78 is 10.3. The van der Waals surface area contributed by atoms with E-state index in [0.29, 0.717) is 5.69 Å². The molecule has 114 valence electrons. The summed E-state index contributed by atoms with van der Waals surface area (Å²) in [6.07, 6.45) is -0.0118. The highest BCUT2D eigenvalue weighted by Crippen LogP contribution is 2.20. The number of amides is 1. The van der Waals surface area contributed by atoms with Crippen molar-refractivity contribution in [3.8, 4) is 0 Å². The third-order valence-corrected chi connectivity index (χ3v) is 3.19. The highest BCUT2D eigenvalue weighted by molar-refractivity contribution is 14.1. The molecule has 0 saturated heterocycles. The van der Waals surface area contributed by atoms with Crippen molar-refractivity contribution in [1.82, 2.24) is 0 Å². The Labute approximate surface area is 136 Å². The van der Waals surface area contributed by atoms with Crippen LogP contribution in [0.25, 0.3) is 0 Å². The molecule has 1 aromatic carbocycles. The second-order valence-electron chi connectivity index (χ2n) is 4.03. The van der Waals surface area contributed by atoms with E-state index in [9.17, 15) is 14.4 Å². The number of hydrogen-bond donors (Lipinski definition) is 1. The standard InChI is InChI=1S/C14H16INO5/c1-3-21-13(18)7-6-12(17)16-11-8-9(15)4-5-10(11)14(19)20-2/h4-5,8H,3,6-7H2,1-2H3,(H,16,17). The number of halogens is 1. The quantitative estimate of drug-likeness (QED) is 0.581. The molecule has 0 aliphatic heterocycles. The summed E-state index contributed by atoms with van der Waals surface area (Å²) in [5.41, 5.74) is 0.630. The van der Waals surface area contributed by atoms with Crippen LogP contribution < -0.4 is 5.32 Å². The summed E-state index contributed by atoms with van der Waals surface area (Å²) in [6, 6.07) is 4.98. The molecule has 0 aliphatic rings. The Balaban J connectivity index is 2.73. The van der Waals surface area contributed by atoms with E-state index in [1.54, 1.807) is 25.1 Å². The Bertz CT molecular complexity index is 544.